The second-order valence-electron chi connectivity index (χ2n) is 2.62. The van der Waals surface area contributed by atoms with Crippen LogP contribution in [0, 0.1) is 12.5 Å². The highest BCUT2D eigenvalue weighted by Crippen LogP contribution is 2.26. The van der Waals surface area contributed by atoms with Gasteiger partial charge in [-0.25, -0.2) is 0 Å². The van der Waals surface area contributed by atoms with Gasteiger partial charge < -0.3 is 10.5 Å². The molecule has 0 amide bonds. The molecule has 0 saturated carbocycles. The minimum Gasteiger partial charge on any atom is -0.462 e. The van der Waals surface area contributed by atoms with Crippen molar-refractivity contribution < 1.29 is 9.53 Å². The standard InChI is InChI=1S/C8H16NO2/c1-4-8(5-2,6-9)7(10)11-3/h3-6,9H2,1-2H3. The average Bonchev–Trinajstić information content (AvgIpc) is 2.08. The number of rotatable bonds is 4. The molecule has 2 N–H and O–H groups in total. The molecule has 0 aliphatic carbocycles. The molecular formula is C8H16NO2. The van der Waals surface area contributed by atoms with Crippen LogP contribution in [-0.4, -0.2) is 12.5 Å². The van der Waals surface area contributed by atoms with Crippen molar-refractivity contribution in [3.8, 4) is 0 Å². The van der Waals surface area contributed by atoms with Crippen molar-refractivity contribution in [1.29, 1.82) is 0 Å². The zero-order chi connectivity index (χ0) is 8.91. The SMILES string of the molecule is [CH2]OC(=O)C(CC)(CC)CN. The number of ether oxygens (including phenoxy) is 1. The molecule has 0 aliphatic heterocycles. The highest BCUT2D eigenvalue weighted by atomic mass is 16.5. The molecule has 0 fully saturated rings. The lowest BCUT2D eigenvalue weighted by molar-refractivity contribution is -0.150. The first-order chi connectivity index (χ1) is 5.16. The predicted molar refractivity (Wildman–Crippen MR) is 43.5 cm³/mol. The maximum Gasteiger partial charge on any atom is 0.313 e. The fourth-order valence-corrected chi connectivity index (χ4v) is 1.06. The maximum atomic E-state index is 11.2. The summed E-state index contributed by atoms with van der Waals surface area (Å²) in [7, 11) is 3.09. The van der Waals surface area contributed by atoms with Gasteiger partial charge in [0.05, 0.1) is 5.41 Å². The number of hydrogen-bond donors (Lipinski definition) is 1. The van der Waals surface area contributed by atoms with Crippen LogP contribution in [0.4, 0.5) is 0 Å². The molecule has 0 bridgehead atoms. The zero-order valence-electron chi connectivity index (χ0n) is 7.22. The van der Waals surface area contributed by atoms with Crippen LogP contribution in [-0.2, 0) is 9.53 Å². The molecule has 0 aliphatic rings. The van der Waals surface area contributed by atoms with Crippen LogP contribution in [0.15, 0.2) is 0 Å². The van der Waals surface area contributed by atoms with E-state index in [9.17, 15) is 4.79 Å². The van der Waals surface area contributed by atoms with Crippen LogP contribution in [0.2, 0.25) is 0 Å². The van der Waals surface area contributed by atoms with Gasteiger partial charge in [-0.2, -0.15) is 0 Å². The topological polar surface area (TPSA) is 52.3 Å². The van der Waals surface area contributed by atoms with Gasteiger partial charge in [0.25, 0.3) is 0 Å². The average molecular weight is 158 g/mol. The Kier molecular flexibility index (Phi) is 4.11. The molecule has 0 rings (SSSR count). The predicted octanol–water partition coefficient (Wildman–Crippen LogP) is 1.09. The summed E-state index contributed by atoms with van der Waals surface area (Å²) in [5.74, 6) is -0.301. The van der Waals surface area contributed by atoms with Gasteiger partial charge in [-0.05, 0) is 12.8 Å². The van der Waals surface area contributed by atoms with E-state index in [-0.39, 0.29) is 5.97 Å². The normalized spacial score (nSPS) is 11.3. The Morgan fingerprint density at radius 3 is 2.09 bits per heavy atom. The van der Waals surface area contributed by atoms with E-state index >= 15 is 0 Å². The summed E-state index contributed by atoms with van der Waals surface area (Å²) in [6.45, 7) is 4.18. The van der Waals surface area contributed by atoms with Crippen LogP contribution < -0.4 is 5.73 Å². The van der Waals surface area contributed by atoms with Crippen LogP contribution in [0.3, 0.4) is 0 Å². The molecule has 0 atom stereocenters. The third-order valence-electron chi connectivity index (χ3n) is 2.31. The van der Waals surface area contributed by atoms with E-state index in [1.54, 1.807) is 0 Å². The Balaban J connectivity index is 4.39. The fourth-order valence-electron chi connectivity index (χ4n) is 1.06. The van der Waals surface area contributed by atoms with Crippen LogP contribution in [0.1, 0.15) is 26.7 Å². The Labute approximate surface area is 67.9 Å². The number of esters is 1. The van der Waals surface area contributed by atoms with Gasteiger partial charge in [0, 0.05) is 6.54 Å². The van der Waals surface area contributed by atoms with E-state index in [0.717, 1.165) is 0 Å². The van der Waals surface area contributed by atoms with E-state index in [1.165, 1.54) is 0 Å². The van der Waals surface area contributed by atoms with Gasteiger partial charge in [0.1, 0.15) is 7.11 Å². The molecule has 3 nitrogen and oxygen atoms in total. The molecule has 11 heavy (non-hydrogen) atoms. The fraction of sp³-hybridized carbons (Fsp3) is 0.750. The maximum absolute atomic E-state index is 11.2. The van der Waals surface area contributed by atoms with E-state index < -0.39 is 5.41 Å². The van der Waals surface area contributed by atoms with Crippen molar-refractivity contribution in [2.45, 2.75) is 26.7 Å². The lowest BCUT2D eigenvalue weighted by Crippen LogP contribution is -2.38. The van der Waals surface area contributed by atoms with Crippen molar-refractivity contribution in [3.63, 3.8) is 0 Å². The molecule has 0 aromatic rings. The van der Waals surface area contributed by atoms with Crippen molar-refractivity contribution >= 4 is 5.97 Å². The van der Waals surface area contributed by atoms with Gasteiger partial charge in [0.2, 0.25) is 0 Å². The van der Waals surface area contributed by atoms with Crippen LogP contribution in [0.5, 0.6) is 0 Å². The van der Waals surface area contributed by atoms with Crippen molar-refractivity contribution in [3.05, 3.63) is 7.11 Å². The van der Waals surface area contributed by atoms with Gasteiger partial charge in [-0.3, -0.25) is 4.79 Å². The Bertz CT molecular complexity index is 122. The van der Waals surface area contributed by atoms with Crippen molar-refractivity contribution in [2.75, 3.05) is 6.54 Å². The summed E-state index contributed by atoms with van der Waals surface area (Å²) in [5.41, 5.74) is 4.96. The van der Waals surface area contributed by atoms with Gasteiger partial charge >= 0.3 is 5.97 Å². The third-order valence-corrected chi connectivity index (χ3v) is 2.31. The summed E-state index contributed by atoms with van der Waals surface area (Å²) < 4.78 is 4.42. The van der Waals surface area contributed by atoms with Gasteiger partial charge in [-0.1, -0.05) is 13.8 Å². The molecule has 0 aromatic carbocycles. The monoisotopic (exact) mass is 158 g/mol. The highest BCUT2D eigenvalue weighted by Gasteiger charge is 2.34. The summed E-state index contributed by atoms with van der Waals surface area (Å²) in [5, 5.41) is 0. The molecular weight excluding hydrogens is 142 g/mol. The minimum absolute atomic E-state index is 0.301. The van der Waals surface area contributed by atoms with Crippen molar-refractivity contribution in [1.82, 2.24) is 0 Å². The summed E-state index contributed by atoms with van der Waals surface area (Å²) in [6, 6.07) is 0. The van der Waals surface area contributed by atoms with E-state index in [2.05, 4.69) is 11.8 Å². The van der Waals surface area contributed by atoms with Gasteiger partial charge in [0.15, 0.2) is 0 Å². The summed E-state index contributed by atoms with van der Waals surface area (Å²) >= 11 is 0. The molecule has 0 aromatic heterocycles. The molecule has 65 valence electrons. The number of hydrogen-bond acceptors (Lipinski definition) is 3. The Morgan fingerprint density at radius 1 is 1.55 bits per heavy atom. The second-order valence-corrected chi connectivity index (χ2v) is 2.62. The molecule has 0 heterocycles. The first-order valence-corrected chi connectivity index (χ1v) is 3.83. The number of nitrogens with two attached hydrogens (primary N) is 1. The van der Waals surface area contributed by atoms with E-state index in [0.29, 0.717) is 19.4 Å². The second kappa shape index (κ2) is 4.34. The smallest absolute Gasteiger partial charge is 0.313 e. The number of carbonyl (C=O) groups is 1. The molecule has 0 saturated heterocycles. The lowest BCUT2D eigenvalue weighted by atomic mass is 9.83. The van der Waals surface area contributed by atoms with Crippen LogP contribution in [0.25, 0.3) is 0 Å². The Hall–Kier alpha value is -0.570. The van der Waals surface area contributed by atoms with Gasteiger partial charge in [-0.15, -0.1) is 0 Å². The zero-order valence-corrected chi connectivity index (χ0v) is 7.22. The molecule has 3 heteroatoms. The van der Waals surface area contributed by atoms with E-state index in [4.69, 9.17) is 5.73 Å². The first kappa shape index (κ1) is 10.4. The van der Waals surface area contributed by atoms with Crippen LogP contribution >= 0.6 is 0 Å². The molecule has 0 spiro atoms. The highest BCUT2D eigenvalue weighted by molar-refractivity contribution is 5.77. The summed E-state index contributed by atoms with van der Waals surface area (Å²) in [6.07, 6.45) is 1.41. The summed E-state index contributed by atoms with van der Waals surface area (Å²) in [4.78, 5) is 11.2. The quantitative estimate of drug-likeness (QED) is 0.623. The molecule has 0 unspecified atom stereocenters. The Morgan fingerprint density at radius 2 is 2.00 bits per heavy atom. The third kappa shape index (κ3) is 1.93. The number of carbonyl (C=O) groups excluding carboxylic acids is 1. The lowest BCUT2D eigenvalue weighted by Gasteiger charge is -2.26. The van der Waals surface area contributed by atoms with E-state index in [1.807, 2.05) is 13.8 Å². The first-order valence-electron chi connectivity index (χ1n) is 3.83. The minimum atomic E-state index is -0.512. The molecule has 1 radical (unpaired) electrons. The largest absolute Gasteiger partial charge is 0.462 e. The van der Waals surface area contributed by atoms with Crippen molar-refractivity contribution in [2.24, 2.45) is 11.1 Å².